The lowest BCUT2D eigenvalue weighted by atomic mass is 10.1. The highest BCUT2D eigenvalue weighted by atomic mass is 35.5. The van der Waals surface area contributed by atoms with Gasteiger partial charge in [0.1, 0.15) is 0 Å². The predicted molar refractivity (Wildman–Crippen MR) is 126 cm³/mol. The molecule has 6 nitrogen and oxygen atoms in total. The molecule has 0 aromatic heterocycles. The molecule has 4 amide bonds. The summed E-state index contributed by atoms with van der Waals surface area (Å²) in [7, 11) is 0. The summed E-state index contributed by atoms with van der Waals surface area (Å²) in [6.45, 7) is 2.05. The second-order valence-electron chi connectivity index (χ2n) is 8.18. The molecule has 0 spiro atoms. The monoisotopic (exact) mass is 502 g/mol. The summed E-state index contributed by atoms with van der Waals surface area (Å²) >= 11 is 5.92. The molecule has 182 valence electrons. The van der Waals surface area contributed by atoms with E-state index in [1.54, 1.807) is 24.3 Å². The van der Waals surface area contributed by atoms with Gasteiger partial charge in [-0.3, -0.25) is 10.2 Å². The number of amides is 4. The number of nitrogens with zero attached hydrogens (tertiary/aromatic N) is 2. The highest BCUT2D eigenvalue weighted by Gasteiger charge is 2.39. The van der Waals surface area contributed by atoms with Crippen molar-refractivity contribution < 1.29 is 22.8 Å². The predicted octanol–water partition coefficient (Wildman–Crippen LogP) is 6.21. The van der Waals surface area contributed by atoms with Gasteiger partial charge in [-0.2, -0.15) is 13.2 Å². The average molecular weight is 503 g/mol. The molecular formula is C25H22ClF3N4O2. The summed E-state index contributed by atoms with van der Waals surface area (Å²) in [6.07, 6.45) is -5.60. The zero-order chi connectivity index (χ0) is 25.2. The molecule has 4 rings (SSSR count). The third kappa shape index (κ3) is 5.86. The van der Waals surface area contributed by atoms with Gasteiger partial charge in [0.2, 0.25) is 0 Å². The fourth-order valence-corrected chi connectivity index (χ4v) is 3.77. The Kier molecular flexibility index (Phi) is 6.88. The Hall–Kier alpha value is -3.72. The normalized spacial score (nSPS) is 16.3. The number of carbonyl (C=O) groups excluding carboxylic acids is 2. The van der Waals surface area contributed by atoms with Crippen LogP contribution in [-0.2, 0) is 19.3 Å². The number of urea groups is 2. The van der Waals surface area contributed by atoms with Crippen molar-refractivity contribution >= 4 is 29.4 Å². The van der Waals surface area contributed by atoms with Crippen LogP contribution in [0.4, 0.5) is 28.4 Å². The molecule has 10 heteroatoms. The minimum atomic E-state index is -4.53. The molecule has 0 saturated carbocycles. The maximum atomic E-state index is 13.5. The van der Waals surface area contributed by atoms with E-state index < -0.39 is 30.1 Å². The molecule has 1 fully saturated rings. The van der Waals surface area contributed by atoms with E-state index in [0.29, 0.717) is 10.6 Å². The minimum absolute atomic E-state index is 0.00249. The molecule has 1 atom stereocenters. The number of rotatable bonds is 6. The van der Waals surface area contributed by atoms with Crippen LogP contribution in [0.25, 0.3) is 0 Å². The Labute approximate surface area is 205 Å². The highest BCUT2D eigenvalue weighted by molar-refractivity contribution is 6.30. The number of imide groups is 1. The number of aryl methyl sites for hydroxylation is 1. The number of halogens is 4. The standard InChI is InChI=1S/C25H22ClF3N4O2/c1-16-5-7-17(8-6-16)14-32-22(30-21-4-2-3-19(13-21)25(27,28)29)31-23(34)33(24(32)35)15-18-9-11-20(26)12-10-18/h2-13,22,30H,14-15H2,1H3,(H,31,34). The molecule has 3 aromatic rings. The third-order valence-electron chi connectivity index (χ3n) is 5.51. The molecule has 0 aliphatic carbocycles. The second kappa shape index (κ2) is 9.87. The first-order valence-corrected chi connectivity index (χ1v) is 11.1. The molecule has 3 aromatic carbocycles. The lowest BCUT2D eigenvalue weighted by Gasteiger charge is -2.41. The SMILES string of the molecule is Cc1ccc(CN2C(=O)N(Cc3ccc(Cl)cc3)C(=O)NC2Nc2cccc(C(F)(F)F)c2)cc1. The lowest BCUT2D eigenvalue weighted by Crippen LogP contribution is -2.66. The van der Waals surface area contributed by atoms with Gasteiger partial charge in [-0.15, -0.1) is 0 Å². The third-order valence-corrected chi connectivity index (χ3v) is 5.77. The Morgan fingerprint density at radius 3 is 2.23 bits per heavy atom. The fourth-order valence-electron chi connectivity index (χ4n) is 3.64. The zero-order valence-electron chi connectivity index (χ0n) is 18.6. The second-order valence-corrected chi connectivity index (χ2v) is 8.62. The Morgan fingerprint density at radius 1 is 0.943 bits per heavy atom. The smallest absolute Gasteiger partial charge is 0.348 e. The fraction of sp³-hybridized carbons (Fsp3) is 0.200. The Morgan fingerprint density at radius 2 is 1.57 bits per heavy atom. The Bertz CT molecular complexity index is 1220. The quantitative estimate of drug-likeness (QED) is 0.421. The summed E-state index contributed by atoms with van der Waals surface area (Å²) in [5.74, 6) is 0. The van der Waals surface area contributed by atoms with Crippen molar-refractivity contribution in [3.63, 3.8) is 0 Å². The first kappa shape index (κ1) is 24.4. The van der Waals surface area contributed by atoms with Gasteiger partial charge >= 0.3 is 18.2 Å². The maximum absolute atomic E-state index is 13.5. The van der Waals surface area contributed by atoms with Crippen LogP contribution in [0.5, 0.6) is 0 Å². The summed E-state index contributed by atoms with van der Waals surface area (Å²) < 4.78 is 39.5. The van der Waals surface area contributed by atoms with E-state index in [2.05, 4.69) is 10.6 Å². The highest BCUT2D eigenvalue weighted by Crippen LogP contribution is 2.31. The van der Waals surface area contributed by atoms with Gasteiger partial charge in [-0.25, -0.2) is 14.5 Å². The molecular weight excluding hydrogens is 481 g/mol. The molecule has 1 heterocycles. The van der Waals surface area contributed by atoms with E-state index in [0.717, 1.165) is 28.2 Å². The largest absolute Gasteiger partial charge is 0.416 e. The van der Waals surface area contributed by atoms with Crippen molar-refractivity contribution in [3.8, 4) is 0 Å². The number of hydrogen-bond acceptors (Lipinski definition) is 3. The summed E-state index contributed by atoms with van der Waals surface area (Å²) in [5, 5.41) is 6.07. The van der Waals surface area contributed by atoms with E-state index >= 15 is 0 Å². The molecule has 1 unspecified atom stereocenters. The van der Waals surface area contributed by atoms with Crippen molar-refractivity contribution in [3.05, 3.63) is 100 Å². The molecule has 35 heavy (non-hydrogen) atoms. The maximum Gasteiger partial charge on any atom is 0.416 e. The molecule has 2 N–H and O–H groups in total. The van der Waals surface area contributed by atoms with Crippen LogP contribution in [0.3, 0.4) is 0 Å². The van der Waals surface area contributed by atoms with E-state index in [1.165, 1.54) is 17.0 Å². The van der Waals surface area contributed by atoms with Crippen LogP contribution >= 0.6 is 11.6 Å². The number of benzene rings is 3. The number of alkyl halides is 3. The number of anilines is 1. The van der Waals surface area contributed by atoms with Gasteiger partial charge in [0.05, 0.1) is 18.7 Å². The van der Waals surface area contributed by atoms with Crippen LogP contribution < -0.4 is 10.6 Å². The summed E-state index contributed by atoms with van der Waals surface area (Å²) in [5.41, 5.74) is 1.79. The van der Waals surface area contributed by atoms with Crippen LogP contribution in [0.15, 0.2) is 72.8 Å². The van der Waals surface area contributed by atoms with Crippen LogP contribution in [0.1, 0.15) is 22.3 Å². The van der Waals surface area contributed by atoms with Gasteiger partial charge in [0, 0.05) is 10.7 Å². The number of nitrogens with one attached hydrogen (secondary N) is 2. The Balaban J connectivity index is 1.62. The molecule has 1 aliphatic heterocycles. The van der Waals surface area contributed by atoms with Gasteiger partial charge in [0.25, 0.3) is 0 Å². The molecule has 0 radical (unpaired) electrons. The van der Waals surface area contributed by atoms with Crippen molar-refractivity contribution in [2.45, 2.75) is 32.5 Å². The van der Waals surface area contributed by atoms with E-state index in [-0.39, 0.29) is 18.8 Å². The number of hydrogen-bond donors (Lipinski definition) is 2. The van der Waals surface area contributed by atoms with Crippen molar-refractivity contribution in [2.75, 3.05) is 5.32 Å². The molecule has 1 aliphatic rings. The van der Waals surface area contributed by atoms with E-state index in [4.69, 9.17) is 11.6 Å². The van der Waals surface area contributed by atoms with Crippen molar-refractivity contribution in [2.24, 2.45) is 0 Å². The summed E-state index contributed by atoms with van der Waals surface area (Å²) in [6, 6.07) is 17.5. The molecule has 0 bridgehead atoms. The lowest BCUT2D eigenvalue weighted by molar-refractivity contribution is -0.137. The summed E-state index contributed by atoms with van der Waals surface area (Å²) in [4.78, 5) is 28.7. The van der Waals surface area contributed by atoms with Crippen LogP contribution in [-0.4, -0.2) is 28.2 Å². The first-order chi connectivity index (χ1) is 16.6. The first-order valence-electron chi connectivity index (χ1n) is 10.7. The van der Waals surface area contributed by atoms with Gasteiger partial charge < -0.3 is 5.32 Å². The zero-order valence-corrected chi connectivity index (χ0v) is 19.4. The van der Waals surface area contributed by atoms with Gasteiger partial charge in [0.15, 0.2) is 6.29 Å². The van der Waals surface area contributed by atoms with Crippen molar-refractivity contribution in [1.29, 1.82) is 0 Å². The van der Waals surface area contributed by atoms with Crippen molar-refractivity contribution in [1.82, 2.24) is 15.1 Å². The van der Waals surface area contributed by atoms with Gasteiger partial charge in [-0.1, -0.05) is 59.6 Å². The van der Waals surface area contributed by atoms with E-state index in [9.17, 15) is 22.8 Å². The van der Waals surface area contributed by atoms with Crippen LogP contribution in [0, 0.1) is 6.92 Å². The van der Waals surface area contributed by atoms with E-state index in [1.807, 2.05) is 31.2 Å². The van der Waals surface area contributed by atoms with Crippen LogP contribution in [0.2, 0.25) is 5.02 Å². The average Bonchev–Trinajstić information content (AvgIpc) is 2.81. The number of carbonyl (C=O) groups is 2. The molecule has 1 saturated heterocycles. The minimum Gasteiger partial charge on any atom is -0.348 e. The topological polar surface area (TPSA) is 64.7 Å². The van der Waals surface area contributed by atoms with Gasteiger partial charge in [-0.05, 0) is 48.4 Å².